The van der Waals surface area contributed by atoms with Crippen LogP contribution >= 0.6 is 0 Å². The van der Waals surface area contributed by atoms with Crippen LogP contribution in [0, 0.1) is 18.2 Å². The molecule has 0 heterocycles. The number of hydrogen-bond acceptors (Lipinski definition) is 3. The SMILES string of the molecule is Cc1ccc(F)cc1S(=O)(=O)NC1(C(=N)N)CCCC1. The Bertz CT molecular complexity index is 637. The van der Waals surface area contributed by atoms with Crippen molar-refractivity contribution >= 4 is 15.9 Å². The highest BCUT2D eigenvalue weighted by molar-refractivity contribution is 7.89. The maximum atomic E-state index is 13.3. The molecule has 1 aliphatic carbocycles. The van der Waals surface area contributed by atoms with E-state index in [1.807, 2.05) is 0 Å². The van der Waals surface area contributed by atoms with E-state index in [9.17, 15) is 12.8 Å². The van der Waals surface area contributed by atoms with Crippen LogP contribution in [0.25, 0.3) is 0 Å². The minimum atomic E-state index is -3.91. The van der Waals surface area contributed by atoms with Gasteiger partial charge in [-0.25, -0.2) is 12.8 Å². The predicted octanol–water partition coefficient (Wildman–Crippen LogP) is 1.66. The van der Waals surface area contributed by atoms with Gasteiger partial charge in [0.1, 0.15) is 11.7 Å². The molecule has 1 aromatic rings. The van der Waals surface area contributed by atoms with Gasteiger partial charge in [0.15, 0.2) is 0 Å². The minimum absolute atomic E-state index is 0.106. The van der Waals surface area contributed by atoms with Gasteiger partial charge in [0, 0.05) is 0 Å². The standard InChI is InChI=1S/C13H18FN3O2S/c1-9-4-5-10(14)8-11(9)20(18,19)17-13(12(15)16)6-2-3-7-13/h4-5,8,17H,2-3,6-7H2,1H3,(H3,15,16). The Morgan fingerprint density at radius 3 is 2.55 bits per heavy atom. The van der Waals surface area contributed by atoms with E-state index >= 15 is 0 Å². The molecule has 0 saturated heterocycles. The minimum Gasteiger partial charge on any atom is -0.386 e. The molecule has 0 amide bonds. The Kier molecular flexibility index (Phi) is 3.84. The number of amidine groups is 1. The van der Waals surface area contributed by atoms with Crippen molar-refractivity contribution in [2.45, 2.75) is 43.0 Å². The molecule has 0 radical (unpaired) electrons. The molecule has 20 heavy (non-hydrogen) atoms. The Morgan fingerprint density at radius 2 is 2.00 bits per heavy atom. The summed E-state index contributed by atoms with van der Waals surface area (Å²) < 4.78 is 40.7. The first-order valence-corrected chi connectivity index (χ1v) is 7.90. The first-order valence-electron chi connectivity index (χ1n) is 6.41. The second-order valence-corrected chi connectivity index (χ2v) is 6.87. The van der Waals surface area contributed by atoms with E-state index in [-0.39, 0.29) is 10.7 Å². The van der Waals surface area contributed by atoms with E-state index in [4.69, 9.17) is 11.1 Å². The summed E-state index contributed by atoms with van der Waals surface area (Å²) in [5.41, 5.74) is 4.99. The summed E-state index contributed by atoms with van der Waals surface area (Å²) in [6.07, 6.45) is 2.61. The van der Waals surface area contributed by atoms with Crippen LogP contribution in [-0.4, -0.2) is 19.8 Å². The molecule has 5 nitrogen and oxygen atoms in total. The van der Waals surface area contributed by atoms with E-state index in [1.165, 1.54) is 12.1 Å². The third kappa shape index (κ3) is 2.69. The summed E-state index contributed by atoms with van der Waals surface area (Å²) >= 11 is 0. The van der Waals surface area contributed by atoms with Crippen LogP contribution in [0.3, 0.4) is 0 Å². The highest BCUT2D eigenvalue weighted by Crippen LogP contribution is 2.31. The van der Waals surface area contributed by atoms with Crippen LogP contribution in [0.15, 0.2) is 23.1 Å². The van der Waals surface area contributed by atoms with Crippen molar-refractivity contribution in [3.8, 4) is 0 Å². The zero-order chi connectivity index (χ0) is 15.0. The van der Waals surface area contributed by atoms with Gasteiger partial charge in [0.25, 0.3) is 0 Å². The largest absolute Gasteiger partial charge is 0.386 e. The second-order valence-electron chi connectivity index (χ2n) is 5.22. The molecule has 110 valence electrons. The molecule has 2 rings (SSSR count). The van der Waals surface area contributed by atoms with Crippen LogP contribution in [0.5, 0.6) is 0 Å². The van der Waals surface area contributed by atoms with E-state index in [2.05, 4.69) is 4.72 Å². The summed E-state index contributed by atoms with van der Waals surface area (Å²) in [4.78, 5) is -0.106. The second kappa shape index (κ2) is 5.14. The van der Waals surface area contributed by atoms with Gasteiger partial charge in [-0.2, -0.15) is 4.72 Å². The highest BCUT2D eigenvalue weighted by atomic mass is 32.2. The normalized spacial score (nSPS) is 18.1. The van der Waals surface area contributed by atoms with Gasteiger partial charge in [-0.3, -0.25) is 5.41 Å². The van der Waals surface area contributed by atoms with E-state index < -0.39 is 21.4 Å². The molecular weight excluding hydrogens is 281 g/mol. The van der Waals surface area contributed by atoms with E-state index in [0.717, 1.165) is 18.9 Å². The number of hydrogen-bond donors (Lipinski definition) is 3. The number of nitrogens with one attached hydrogen (secondary N) is 2. The Morgan fingerprint density at radius 1 is 1.40 bits per heavy atom. The quantitative estimate of drug-likeness (QED) is 0.582. The topological polar surface area (TPSA) is 96.0 Å². The maximum absolute atomic E-state index is 13.3. The van der Waals surface area contributed by atoms with Gasteiger partial charge in [-0.05, 0) is 37.5 Å². The van der Waals surface area contributed by atoms with E-state index in [0.29, 0.717) is 18.4 Å². The van der Waals surface area contributed by atoms with Gasteiger partial charge in [-0.15, -0.1) is 0 Å². The van der Waals surface area contributed by atoms with Crippen molar-refractivity contribution in [3.05, 3.63) is 29.6 Å². The lowest BCUT2D eigenvalue weighted by atomic mass is 9.98. The first kappa shape index (κ1) is 14.9. The molecule has 1 aromatic carbocycles. The monoisotopic (exact) mass is 299 g/mol. The third-order valence-electron chi connectivity index (χ3n) is 3.74. The summed E-state index contributed by atoms with van der Waals surface area (Å²) in [6.45, 7) is 1.60. The number of nitrogens with two attached hydrogens (primary N) is 1. The number of halogens is 1. The number of sulfonamides is 1. The molecule has 0 spiro atoms. The first-order chi connectivity index (χ1) is 9.27. The Hall–Kier alpha value is -1.47. The van der Waals surface area contributed by atoms with E-state index in [1.54, 1.807) is 6.92 Å². The summed E-state index contributed by atoms with van der Waals surface area (Å²) in [6, 6.07) is 3.62. The molecule has 0 bridgehead atoms. The molecule has 1 fully saturated rings. The van der Waals surface area contributed by atoms with Crippen molar-refractivity contribution < 1.29 is 12.8 Å². The molecule has 0 aromatic heterocycles. The highest BCUT2D eigenvalue weighted by Gasteiger charge is 2.41. The number of benzene rings is 1. The third-order valence-corrected chi connectivity index (χ3v) is 5.42. The molecule has 1 saturated carbocycles. The summed E-state index contributed by atoms with van der Waals surface area (Å²) in [5.74, 6) is -0.799. The lowest BCUT2D eigenvalue weighted by Gasteiger charge is -2.28. The van der Waals surface area contributed by atoms with Crippen molar-refractivity contribution in [2.24, 2.45) is 5.73 Å². The molecule has 0 atom stereocenters. The van der Waals surface area contributed by atoms with Crippen LogP contribution in [0.2, 0.25) is 0 Å². The molecule has 7 heteroatoms. The average molecular weight is 299 g/mol. The lowest BCUT2D eigenvalue weighted by Crippen LogP contribution is -2.55. The van der Waals surface area contributed by atoms with Gasteiger partial charge >= 0.3 is 0 Å². The van der Waals surface area contributed by atoms with Crippen LogP contribution in [0.1, 0.15) is 31.2 Å². The fraction of sp³-hybridized carbons (Fsp3) is 0.462. The fourth-order valence-electron chi connectivity index (χ4n) is 2.58. The summed E-state index contributed by atoms with van der Waals surface area (Å²) in [7, 11) is -3.91. The Labute approximate surface area is 117 Å². The van der Waals surface area contributed by atoms with Gasteiger partial charge in [0.2, 0.25) is 10.0 Å². The predicted molar refractivity (Wildman–Crippen MR) is 74.6 cm³/mol. The average Bonchev–Trinajstić information content (AvgIpc) is 2.81. The smallest absolute Gasteiger partial charge is 0.241 e. The molecular formula is C13H18FN3O2S. The molecule has 0 aliphatic heterocycles. The lowest BCUT2D eigenvalue weighted by molar-refractivity contribution is 0.495. The van der Waals surface area contributed by atoms with Crippen LogP contribution < -0.4 is 10.5 Å². The maximum Gasteiger partial charge on any atom is 0.241 e. The summed E-state index contributed by atoms with van der Waals surface area (Å²) in [5, 5.41) is 7.65. The van der Waals surface area contributed by atoms with Gasteiger partial charge in [-0.1, -0.05) is 18.9 Å². The van der Waals surface area contributed by atoms with Crippen molar-refractivity contribution in [2.75, 3.05) is 0 Å². The molecule has 1 aliphatic rings. The van der Waals surface area contributed by atoms with Crippen molar-refractivity contribution in [3.63, 3.8) is 0 Å². The zero-order valence-corrected chi connectivity index (χ0v) is 12.1. The van der Waals surface area contributed by atoms with Crippen LogP contribution in [-0.2, 0) is 10.0 Å². The number of rotatable bonds is 4. The zero-order valence-electron chi connectivity index (χ0n) is 11.2. The van der Waals surface area contributed by atoms with Gasteiger partial charge < -0.3 is 5.73 Å². The van der Waals surface area contributed by atoms with Crippen molar-refractivity contribution in [1.82, 2.24) is 4.72 Å². The Balaban J connectivity index is 2.40. The molecule has 0 unspecified atom stereocenters. The van der Waals surface area contributed by atoms with Crippen LogP contribution in [0.4, 0.5) is 4.39 Å². The number of aryl methyl sites for hydroxylation is 1. The fourth-order valence-corrected chi connectivity index (χ4v) is 4.28. The van der Waals surface area contributed by atoms with Crippen molar-refractivity contribution in [1.29, 1.82) is 5.41 Å². The van der Waals surface area contributed by atoms with Gasteiger partial charge in [0.05, 0.1) is 10.4 Å². The molecule has 4 N–H and O–H groups in total.